The number of anilines is 1. The number of nitrogens with one attached hydrogen (secondary N) is 1. The minimum absolute atomic E-state index is 0.141. The molecule has 20 heavy (non-hydrogen) atoms. The molecule has 1 aromatic carbocycles. The molecule has 1 aromatic heterocycles. The second kappa shape index (κ2) is 6.63. The highest BCUT2D eigenvalue weighted by Gasteiger charge is 2.16. The molecule has 0 saturated carbocycles. The molecule has 0 aliphatic rings. The van der Waals surface area contributed by atoms with Gasteiger partial charge in [0, 0.05) is 12.2 Å². The number of thiazole rings is 1. The van der Waals surface area contributed by atoms with E-state index in [1.165, 1.54) is 11.3 Å². The Morgan fingerprint density at radius 2 is 2.10 bits per heavy atom. The van der Waals surface area contributed by atoms with E-state index in [1.54, 1.807) is 6.92 Å². The Kier molecular flexibility index (Phi) is 4.87. The zero-order valence-electron chi connectivity index (χ0n) is 11.8. The van der Waals surface area contributed by atoms with E-state index in [9.17, 15) is 4.79 Å². The molecular formula is C15H18N2O2S. The average molecular weight is 290 g/mol. The SMILES string of the molecule is CCO[C@@H](C)C(=O)Nc1sc(-c2ccccc2)nc1C. The molecule has 0 aliphatic carbocycles. The van der Waals surface area contributed by atoms with Crippen LogP contribution in [0.25, 0.3) is 10.6 Å². The fraction of sp³-hybridized carbons (Fsp3) is 0.333. The molecule has 1 N–H and O–H groups in total. The van der Waals surface area contributed by atoms with E-state index >= 15 is 0 Å². The minimum atomic E-state index is -0.457. The van der Waals surface area contributed by atoms with Crippen LogP contribution in [0.15, 0.2) is 30.3 Å². The van der Waals surface area contributed by atoms with Gasteiger partial charge in [-0.3, -0.25) is 4.79 Å². The number of hydrogen-bond acceptors (Lipinski definition) is 4. The first-order valence-corrected chi connectivity index (χ1v) is 7.38. The number of ether oxygens (including phenoxy) is 1. The van der Waals surface area contributed by atoms with Crippen LogP contribution in [0, 0.1) is 6.92 Å². The maximum atomic E-state index is 11.9. The summed E-state index contributed by atoms with van der Waals surface area (Å²) in [5.74, 6) is -0.141. The molecule has 1 amide bonds. The van der Waals surface area contributed by atoms with Gasteiger partial charge in [0.25, 0.3) is 5.91 Å². The highest BCUT2D eigenvalue weighted by atomic mass is 32.1. The van der Waals surface area contributed by atoms with Gasteiger partial charge in [-0.2, -0.15) is 0 Å². The molecule has 2 rings (SSSR count). The highest BCUT2D eigenvalue weighted by Crippen LogP contribution is 2.31. The molecule has 106 valence electrons. The molecular weight excluding hydrogens is 272 g/mol. The summed E-state index contributed by atoms with van der Waals surface area (Å²) in [7, 11) is 0. The number of hydrogen-bond donors (Lipinski definition) is 1. The maximum absolute atomic E-state index is 11.9. The molecule has 1 atom stereocenters. The number of carbonyl (C=O) groups is 1. The Bertz CT molecular complexity index is 581. The van der Waals surface area contributed by atoms with Crippen LogP contribution < -0.4 is 5.32 Å². The van der Waals surface area contributed by atoms with Gasteiger partial charge in [0.15, 0.2) is 0 Å². The molecule has 4 nitrogen and oxygen atoms in total. The van der Waals surface area contributed by atoms with E-state index in [-0.39, 0.29) is 5.91 Å². The van der Waals surface area contributed by atoms with Gasteiger partial charge in [-0.1, -0.05) is 41.7 Å². The number of carbonyl (C=O) groups excluding carboxylic acids is 1. The summed E-state index contributed by atoms with van der Waals surface area (Å²) in [6.45, 7) is 6.03. The zero-order chi connectivity index (χ0) is 14.5. The summed E-state index contributed by atoms with van der Waals surface area (Å²) >= 11 is 1.48. The lowest BCUT2D eigenvalue weighted by molar-refractivity contribution is -0.126. The van der Waals surface area contributed by atoms with Crippen molar-refractivity contribution in [3.63, 3.8) is 0 Å². The Hall–Kier alpha value is -1.72. The Labute approximate surface area is 122 Å². The third-order valence-corrected chi connectivity index (χ3v) is 3.96. The summed E-state index contributed by atoms with van der Waals surface area (Å²) in [5.41, 5.74) is 1.88. The number of benzene rings is 1. The van der Waals surface area contributed by atoms with Gasteiger partial charge in [-0.05, 0) is 20.8 Å². The fourth-order valence-corrected chi connectivity index (χ4v) is 2.73. The third-order valence-electron chi connectivity index (χ3n) is 2.84. The smallest absolute Gasteiger partial charge is 0.253 e. The van der Waals surface area contributed by atoms with E-state index in [4.69, 9.17) is 4.74 Å². The first-order chi connectivity index (χ1) is 9.61. The molecule has 0 fully saturated rings. The normalized spacial score (nSPS) is 12.2. The summed E-state index contributed by atoms with van der Waals surface area (Å²) in [6, 6.07) is 9.93. The van der Waals surface area contributed by atoms with Gasteiger partial charge in [0.2, 0.25) is 0 Å². The van der Waals surface area contributed by atoms with E-state index in [2.05, 4.69) is 10.3 Å². The Morgan fingerprint density at radius 1 is 1.40 bits per heavy atom. The summed E-state index contributed by atoms with van der Waals surface area (Å²) in [4.78, 5) is 16.4. The second-order valence-corrected chi connectivity index (χ2v) is 5.39. The maximum Gasteiger partial charge on any atom is 0.253 e. The van der Waals surface area contributed by atoms with Crippen molar-refractivity contribution < 1.29 is 9.53 Å². The lowest BCUT2D eigenvalue weighted by Crippen LogP contribution is -2.27. The number of amides is 1. The first kappa shape index (κ1) is 14.7. The molecule has 0 unspecified atom stereocenters. The quantitative estimate of drug-likeness (QED) is 0.917. The van der Waals surface area contributed by atoms with E-state index in [1.807, 2.05) is 44.2 Å². The van der Waals surface area contributed by atoms with Crippen molar-refractivity contribution in [2.24, 2.45) is 0 Å². The minimum Gasteiger partial charge on any atom is -0.369 e. The lowest BCUT2D eigenvalue weighted by Gasteiger charge is -2.10. The van der Waals surface area contributed by atoms with Gasteiger partial charge in [0.1, 0.15) is 16.1 Å². The lowest BCUT2D eigenvalue weighted by atomic mass is 10.2. The highest BCUT2D eigenvalue weighted by molar-refractivity contribution is 7.19. The average Bonchev–Trinajstić information content (AvgIpc) is 2.81. The van der Waals surface area contributed by atoms with Crippen LogP contribution in [0.5, 0.6) is 0 Å². The Balaban J connectivity index is 2.14. The summed E-state index contributed by atoms with van der Waals surface area (Å²) in [5, 5.41) is 4.56. The number of nitrogens with zero attached hydrogens (tertiary/aromatic N) is 1. The number of rotatable bonds is 5. The number of aromatic nitrogens is 1. The van der Waals surface area contributed by atoms with Gasteiger partial charge < -0.3 is 10.1 Å². The molecule has 0 spiro atoms. The van der Waals surface area contributed by atoms with Crippen LogP contribution >= 0.6 is 11.3 Å². The van der Waals surface area contributed by atoms with Crippen LogP contribution in [0.2, 0.25) is 0 Å². The van der Waals surface area contributed by atoms with Crippen molar-refractivity contribution in [1.29, 1.82) is 0 Å². The van der Waals surface area contributed by atoms with Gasteiger partial charge >= 0.3 is 0 Å². The van der Waals surface area contributed by atoms with Crippen LogP contribution in [-0.2, 0) is 9.53 Å². The first-order valence-electron chi connectivity index (χ1n) is 6.57. The van der Waals surface area contributed by atoms with Gasteiger partial charge in [0.05, 0.1) is 5.69 Å². The van der Waals surface area contributed by atoms with E-state index in [0.29, 0.717) is 6.61 Å². The van der Waals surface area contributed by atoms with E-state index < -0.39 is 6.10 Å². The Morgan fingerprint density at radius 3 is 2.75 bits per heavy atom. The van der Waals surface area contributed by atoms with Gasteiger partial charge in [-0.15, -0.1) is 0 Å². The van der Waals surface area contributed by atoms with Crippen molar-refractivity contribution in [1.82, 2.24) is 4.98 Å². The predicted octanol–water partition coefficient (Wildman–Crippen LogP) is 3.48. The van der Waals surface area contributed by atoms with Crippen LogP contribution in [-0.4, -0.2) is 23.6 Å². The summed E-state index contributed by atoms with van der Waals surface area (Å²) < 4.78 is 5.28. The molecule has 1 heterocycles. The molecule has 0 aliphatic heterocycles. The monoisotopic (exact) mass is 290 g/mol. The van der Waals surface area contributed by atoms with Crippen LogP contribution in [0.3, 0.4) is 0 Å². The van der Waals surface area contributed by atoms with E-state index in [0.717, 1.165) is 21.3 Å². The van der Waals surface area contributed by atoms with Gasteiger partial charge in [-0.25, -0.2) is 4.98 Å². The topological polar surface area (TPSA) is 51.2 Å². The fourth-order valence-electron chi connectivity index (χ4n) is 1.76. The van der Waals surface area contributed by atoms with Crippen molar-refractivity contribution in [3.8, 4) is 10.6 Å². The van der Waals surface area contributed by atoms with Crippen LogP contribution in [0.1, 0.15) is 19.5 Å². The molecule has 2 aromatic rings. The number of aryl methyl sites for hydroxylation is 1. The molecule has 0 saturated heterocycles. The molecule has 5 heteroatoms. The molecule has 0 radical (unpaired) electrons. The second-order valence-electron chi connectivity index (χ2n) is 4.39. The third kappa shape index (κ3) is 3.43. The largest absolute Gasteiger partial charge is 0.369 e. The van der Waals surface area contributed by atoms with Crippen molar-refractivity contribution >= 4 is 22.2 Å². The van der Waals surface area contributed by atoms with Crippen molar-refractivity contribution in [3.05, 3.63) is 36.0 Å². The summed E-state index contributed by atoms with van der Waals surface area (Å²) in [6.07, 6.45) is -0.457. The van der Waals surface area contributed by atoms with Crippen molar-refractivity contribution in [2.45, 2.75) is 26.9 Å². The van der Waals surface area contributed by atoms with Crippen LogP contribution in [0.4, 0.5) is 5.00 Å². The van der Waals surface area contributed by atoms with Crippen molar-refractivity contribution in [2.75, 3.05) is 11.9 Å². The standard InChI is InChI=1S/C15H18N2O2S/c1-4-19-11(3)13(18)17-14-10(2)16-15(20-14)12-8-6-5-7-9-12/h5-9,11H,4H2,1-3H3,(H,17,18)/t11-/m0/s1. The molecule has 0 bridgehead atoms. The zero-order valence-corrected chi connectivity index (χ0v) is 12.7. The predicted molar refractivity (Wildman–Crippen MR) is 82.0 cm³/mol.